The Labute approximate surface area is 169 Å². The number of nitrogens with zero attached hydrogens (tertiary/aromatic N) is 3. The molecule has 1 fully saturated rings. The molecule has 144 valence electrons. The SMILES string of the molecule is CC1CCN(c2cc(Cl)nc(SCC(=O)NC(C)c3ccccc3)n2)CC1. The smallest absolute Gasteiger partial charge is 0.230 e. The van der Waals surface area contributed by atoms with Gasteiger partial charge in [0.15, 0.2) is 5.16 Å². The summed E-state index contributed by atoms with van der Waals surface area (Å²) >= 11 is 7.50. The van der Waals surface area contributed by atoms with Crippen molar-refractivity contribution in [3.05, 3.63) is 47.1 Å². The van der Waals surface area contributed by atoms with E-state index in [1.54, 1.807) is 6.07 Å². The number of rotatable bonds is 6. The Hall–Kier alpha value is -1.79. The highest BCUT2D eigenvalue weighted by Gasteiger charge is 2.19. The fourth-order valence-electron chi connectivity index (χ4n) is 3.09. The molecule has 5 nitrogen and oxygen atoms in total. The first-order valence-electron chi connectivity index (χ1n) is 9.28. The van der Waals surface area contributed by atoms with E-state index in [-0.39, 0.29) is 17.7 Å². The molecule has 1 amide bonds. The van der Waals surface area contributed by atoms with E-state index in [4.69, 9.17) is 11.6 Å². The van der Waals surface area contributed by atoms with Crippen LogP contribution < -0.4 is 10.2 Å². The number of aromatic nitrogens is 2. The molecule has 1 N–H and O–H groups in total. The predicted octanol–water partition coefficient (Wildman–Crippen LogP) is 4.34. The van der Waals surface area contributed by atoms with Crippen LogP contribution in [0, 0.1) is 5.92 Å². The Kier molecular flexibility index (Phi) is 6.96. The third-order valence-corrected chi connectivity index (χ3v) is 5.82. The Balaban J connectivity index is 1.56. The minimum atomic E-state index is -0.0479. The first kappa shape index (κ1) is 20.0. The lowest BCUT2D eigenvalue weighted by atomic mass is 9.99. The van der Waals surface area contributed by atoms with E-state index in [0.29, 0.717) is 10.3 Å². The number of anilines is 1. The number of hydrogen-bond acceptors (Lipinski definition) is 5. The zero-order chi connectivity index (χ0) is 19.2. The van der Waals surface area contributed by atoms with E-state index < -0.39 is 0 Å². The molecule has 1 saturated heterocycles. The molecular formula is C20H25ClN4OS. The minimum Gasteiger partial charge on any atom is -0.356 e. The zero-order valence-corrected chi connectivity index (χ0v) is 17.3. The maximum absolute atomic E-state index is 12.3. The summed E-state index contributed by atoms with van der Waals surface area (Å²) in [7, 11) is 0. The lowest BCUT2D eigenvalue weighted by Gasteiger charge is -2.31. The molecule has 0 saturated carbocycles. The van der Waals surface area contributed by atoms with Gasteiger partial charge in [0.2, 0.25) is 5.91 Å². The van der Waals surface area contributed by atoms with E-state index in [0.717, 1.165) is 43.2 Å². The fourth-order valence-corrected chi connectivity index (χ4v) is 3.98. The molecule has 0 spiro atoms. The van der Waals surface area contributed by atoms with Crippen LogP contribution in [0.2, 0.25) is 5.15 Å². The van der Waals surface area contributed by atoms with Crippen molar-refractivity contribution < 1.29 is 4.79 Å². The number of benzene rings is 1. The number of piperidine rings is 1. The molecule has 2 heterocycles. The number of halogens is 1. The summed E-state index contributed by atoms with van der Waals surface area (Å²) in [4.78, 5) is 23.4. The number of amides is 1. The van der Waals surface area contributed by atoms with Gasteiger partial charge in [-0.05, 0) is 31.2 Å². The van der Waals surface area contributed by atoms with Crippen LogP contribution in [0.4, 0.5) is 5.82 Å². The topological polar surface area (TPSA) is 58.1 Å². The van der Waals surface area contributed by atoms with Crippen LogP contribution >= 0.6 is 23.4 Å². The summed E-state index contributed by atoms with van der Waals surface area (Å²) in [6, 6.07) is 11.7. The van der Waals surface area contributed by atoms with Gasteiger partial charge in [0.25, 0.3) is 0 Å². The van der Waals surface area contributed by atoms with Crippen molar-refractivity contribution in [1.29, 1.82) is 0 Å². The van der Waals surface area contributed by atoms with Crippen LogP contribution in [0.5, 0.6) is 0 Å². The second kappa shape index (κ2) is 9.42. The van der Waals surface area contributed by atoms with Gasteiger partial charge in [0.05, 0.1) is 11.8 Å². The number of hydrogen-bond donors (Lipinski definition) is 1. The highest BCUT2D eigenvalue weighted by atomic mass is 35.5. The molecule has 1 aliphatic rings. The maximum atomic E-state index is 12.3. The molecule has 1 unspecified atom stereocenters. The molecule has 1 aliphatic heterocycles. The molecular weight excluding hydrogens is 380 g/mol. The summed E-state index contributed by atoms with van der Waals surface area (Å²) in [6.45, 7) is 6.21. The summed E-state index contributed by atoms with van der Waals surface area (Å²) in [6.07, 6.45) is 2.31. The monoisotopic (exact) mass is 404 g/mol. The Morgan fingerprint density at radius 3 is 2.70 bits per heavy atom. The number of thioether (sulfide) groups is 1. The van der Waals surface area contributed by atoms with Gasteiger partial charge in [-0.15, -0.1) is 0 Å². The predicted molar refractivity (Wildman–Crippen MR) is 111 cm³/mol. The molecule has 0 radical (unpaired) electrons. The van der Waals surface area contributed by atoms with Gasteiger partial charge < -0.3 is 10.2 Å². The molecule has 27 heavy (non-hydrogen) atoms. The highest BCUT2D eigenvalue weighted by molar-refractivity contribution is 7.99. The summed E-state index contributed by atoms with van der Waals surface area (Å²) in [5, 5.41) is 3.96. The largest absolute Gasteiger partial charge is 0.356 e. The molecule has 1 atom stereocenters. The van der Waals surface area contributed by atoms with Crippen LogP contribution in [-0.2, 0) is 4.79 Å². The van der Waals surface area contributed by atoms with Crippen LogP contribution in [0.25, 0.3) is 0 Å². The quantitative estimate of drug-likeness (QED) is 0.441. The van der Waals surface area contributed by atoms with Crippen molar-refractivity contribution in [3.63, 3.8) is 0 Å². The standard InChI is InChI=1S/C20H25ClN4OS/c1-14-8-10-25(11-9-14)18-12-17(21)23-20(24-18)27-13-19(26)22-15(2)16-6-4-3-5-7-16/h3-7,12,14-15H,8-11,13H2,1-2H3,(H,22,26). The van der Waals surface area contributed by atoms with Gasteiger partial charge in [-0.1, -0.05) is 60.6 Å². The molecule has 0 aliphatic carbocycles. The maximum Gasteiger partial charge on any atom is 0.230 e. The van der Waals surface area contributed by atoms with Crippen molar-refractivity contribution in [2.24, 2.45) is 5.92 Å². The van der Waals surface area contributed by atoms with Gasteiger partial charge in [0.1, 0.15) is 11.0 Å². The van der Waals surface area contributed by atoms with Crippen molar-refractivity contribution >= 4 is 35.1 Å². The van der Waals surface area contributed by atoms with Gasteiger partial charge in [-0.25, -0.2) is 9.97 Å². The van der Waals surface area contributed by atoms with Crippen molar-refractivity contribution in [3.8, 4) is 0 Å². The van der Waals surface area contributed by atoms with Gasteiger partial charge in [-0.3, -0.25) is 4.79 Å². The normalized spacial score (nSPS) is 16.2. The van der Waals surface area contributed by atoms with Crippen LogP contribution in [0.15, 0.2) is 41.6 Å². The van der Waals surface area contributed by atoms with Crippen LogP contribution in [-0.4, -0.2) is 34.7 Å². The minimum absolute atomic E-state index is 0.0366. The average molecular weight is 405 g/mol. The third-order valence-electron chi connectivity index (χ3n) is 4.78. The zero-order valence-electron chi connectivity index (χ0n) is 15.7. The Morgan fingerprint density at radius 2 is 2.00 bits per heavy atom. The molecule has 7 heteroatoms. The Bertz CT molecular complexity index is 766. The molecule has 1 aromatic carbocycles. The number of carbonyl (C=O) groups excluding carboxylic acids is 1. The summed E-state index contributed by atoms with van der Waals surface area (Å²) in [5.41, 5.74) is 1.08. The van der Waals surface area contributed by atoms with Crippen molar-refractivity contribution in [2.75, 3.05) is 23.7 Å². The van der Waals surface area contributed by atoms with Crippen molar-refractivity contribution in [2.45, 2.75) is 37.9 Å². The molecule has 1 aromatic heterocycles. The van der Waals surface area contributed by atoms with E-state index >= 15 is 0 Å². The molecule has 3 rings (SSSR count). The van der Waals surface area contributed by atoms with Crippen LogP contribution in [0.1, 0.15) is 38.3 Å². The van der Waals surface area contributed by atoms with E-state index in [2.05, 4.69) is 27.1 Å². The lowest BCUT2D eigenvalue weighted by molar-refractivity contribution is -0.119. The highest BCUT2D eigenvalue weighted by Crippen LogP contribution is 2.26. The lowest BCUT2D eigenvalue weighted by Crippen LogP contribution is -2.33. The first-order valence-corrected chi connectivity index (χ1v) is 10.6. The van der Waals surface area contributed by atoms with E-state index in [1.807, 2.05) is 37.3 Å². The third kappa shape index (κ3) is 5.84. The molecule has 0 bridgehead atoms. The first-order chi connectivity index (χ1) is 13.0. The van der Waals surface area contributed by atoms with Gasteiger partial charge in [0, 0.05) is 19.2 Å². The Morgan fingerprint density at radius 1 is 1.30 bits per heavy atom. The van der Waals surface area contributed by atoms with Crippen LogP contribution in [0.3, 0.4) is 0 Å². The van der Waals surface area contributed by atoms with Crippen molar-refractivity contribution in [1.82, 2.24) is 15.3 Å². The van der Waals surface area contributed by atoms with E-state index in [9.17, 15) is 4.79 Å². The second-order valence-corrected chi connectivity index (χ2v) is 8.32. The molecule has 2 aromatic rings. The fraction of sp³-hybridized carbons (Fsp3) is 0.450. The number of carbonyl (C=O) groups is 1. The van der Waals surface area contributed by atoms with E-state index in [1.165, 1.54) is 11.8 Å². The number of nitrogens with one attached hydrogen (secondary N) is 1. The van der Waals surface area contributed by atoms with Gasteiger partial charge in [-0.2, -0.15) is 0 Å². The van der Waals surface area contributed by atoms with Gasteiger partial charge >= 0.3 is 0 Å². The average Bonchev–Trinajstić information content (AvgIpc) is 2.67. The second-order valence-electron chi connectivity index (χ2n) is 6.99. The summed E-state index contributed by atoms with van der Waals surface area (Å²) in [5.74, 6) is 1.81. The summed E-state index contributed by atoms with van der Waals surface area (Å²) < 4.78 is 0.